The minimum absolute atomic E-state index is 0. The first-order chi connectivity index (χ1) is 8.61. The van der Waals surface area contributed by atoms with E-state index in [0.29, 0.717) is 13.1 Å². The molecule has 0 spiro atoms. The minimum Gasteiger partial charge on any atom is -1.00 e. The molecule has 0 amide bonds. The zero-order valence-corrected chi connectivity index (χ0v) is 20.3. The molecule has 7 N–H and O–H groups in total. The van der Waals surface area contributed by atoms with Crippen molar-refractivity contribution >= 4 is 55.6 Å². The fourth-order valence-corrected chi connectivity index (χ4v) is 0.306. The Labute approximate surface area is 210 Å². The van der Waals surface area contributed by atoms with Gasteiger partial charge in [0.15, 0.2) is 0 Å². The van der Waals surface area contributed by atoms with E-state index in [1.165, 1.54) is 0 Å². The van der Waals surface area contributed by atoms with Crippen LogP contribution in [0.15, 0.2) is 0 Å². The molecule has 0 unspecified atom stereocenters. The topological polar surface area (TPSA) is 170 Å². The van der Waals surface area contributed by atoms with Crippen molar-refractivity contribution in [3.8, 4) is 0 Å². The van der Waals surface area contributed by atoms with Crippen molar-refractivity contribution in [3.63, 3.8) is 0 Å². The van der Waals surface area contributed by atoms with Crippen molar-refractivity contribution in [2.24, 2.45) is 5.73 Å². The normalized spacial score (nSPS) is 6.41. The van der Waals surface area contributed by atoms with Crippen LogP contribution >= 0.6 is 0 Å². The smallest absolute Gasteiger partial charge is 1.00 e. The van der Waals surface area contributed by atoms with Gasteiger partial charge in [-0.05, 0) is 0 Å². The van der Waals surface area contributed by atoms with Crippen LogP contribution in [-0.2, 0) is 14.4 Å². The van der Waals surface area contributed by atoms with Gasteiger partial charge in [-0.3, -0.25) is 14.4 Å². The van der Waals surface area contributed by atoms with Gasteiger partial charge in [0, 0.05) is 40.4 Å². The first kappa shape index (κ1) is 43.7. The van der Waals surface area contributed by atoms with Gasteiger partial charge in [0.05, 0.1) is 6.61 Å². The summed E-state index contributed by atoms with van der Waals surface area (Å²) in [6.07, 6.45) is 0. The molecule has 0 saturated carbocycles. The van der Waals surface area contributed by atoms with Gasteiger partial charge in [-0.15, -0.1) is 0 Å². The number of carbonyl (C=O) groups is 3. The number of aliphatic hydroxyl groups excluding tert-OH is 1. The van der Waals surface area contributed by atoms with Crippen molar-refractivity contribution in [1.82, 2.24) is 5.32 Å². The number of aliphatic hydroxyl groups is 1. The van der Waals surface area contributed by atoms with Crippen LogP contribution < -0.4 is 70.2 Å². The quantitative estimate of drug-likeness (QED) is 0.207. The maximum atomic E-state index is 9.00. The van der Waals surface area contributed by atoms with Gasteiger partial charge < -0.3 is 37.2 Å². The Morgan fingerprint density at radius 2 is 1.14 bits per heavy atom. The molecule has 0 saturated heterocycles. The SMILES string of the molecule is CC(=O)O.CC(=O)O.CC(=O)O.NCCNCCO.[Ca+2].[H-].[H-].[H-].[H-].[Na+].[Na+]. The van der Waals surface area contributed by atoms with E-state index in [0.717, 1.165) is 27.3 Å². The molecule has 0 aliphatic rings. The second-order valence-corrected chi connectivity index (χ2v) is 2.82. The Kier molecular flexibility index (Phi) is 86.1. The fourth-order valence-electron chi connectivity index (χ4n) is 0.306. The Morgan fingerprint density at radius 1 is 0.909 bits per heavy atom. The zero-order chi connectivity index (χ0) is 16.3. The second kappa shape index (κ2) is 43.3. The molecular formula is C10H28CaN2Na2O7. The predicted molar refractivity (Wildman–Crippen MR) is 79.1 cm³/mol. The number of nitrogens with two attached hydrogens (primary N) is 1. The molecule has 0 rings (SSSR count). The number of nitrogens with one attached hydrogen (secondary N) is 1. The summed E-state index contributed by atoms with van der Waals surface area (Å²) < 4.78 is 0. The average molecular weight is 374 g/mol. The first-order valence-corrected chi connectivity index (χ1v) is 5.21. The van der Waals surface area contributed by atoms with Crippen molar-refractivity contribution < 1.29 is 99.6 Å². The van der Waals surface area contributed by atoms with Crippen molar-refractivity contribution in [3.05, 3.63) is 0 Å². The van der Waals surface area contributed by atoms with Crippen LogP contribution in [0.2, 0.25) is 0 Å². The third-order valence-corrected chi connectivity index (χ3v) is 0.610. The van der Waals surface area contributed by atoms with Gasteiger partial charge in [0.2, 0.25) is 0 Å². The summed E-state index contributed by atoms with van der Waals surface area (Å²) in [5.41, 5.74) is 5.13. The third-order valence-electron chi connectivity index (χ3n) is 0.610. The maximum Gasteiger partial charge on any atom is 2.00 e. The summed E-state index contributed by atoms with van der Waals surface area (Å²) in [5.74, 6) is -2.50. The first-order valence-electron chi connectivity index (χ1n) is 5.21. The van der Waals surface area contributed by atoms with E-state index in [4.69, 9.17) is 40.5 Å². The molecule has 124 valence electrons. The molecule has 0 radical (unpaired) electrons. The molecular weight excluding hydrogens is 346 g/mol. The van der Waals surface area contributed by atoms with E-state index < -0.39 is 17.9 Å². The predicted octanol–water partition coefficient (Wildman–Crippen LogP) is -7.12. The third kappa shape index (κ3) is 295. The van der Waals surface area contributed by atoms with Gasteiger partial charge in [0.1, 0.15) is 0 Å². The van der Waals surface area contributed by atoms with E-state index in [1.54, 1.807) is 0 Å². The molecule has 0 aromatic rings. The molecule has 12 heteroatoms. The Hall–Kier alpha value is 1.55. The van der Waals surface area contributed by atoms with Crippen molar-refractivity contribution in [2.75, 3.05) is 26.2 Å². The molecule has 0 aliphatic heterocycles. The molecule has 0 fully saturated rings. The number of carboxylic acid groups (broad SMARTS) is 3. The van der Waals surface area contributed by atoms with Gasteiger partial charge in [0.25, 0.3) is 17.9 Å². The number of carboxylic acids is 3. The monoisotopic (exact) mass is 374 g/mol. The van der Waals surface area contributed by atoms with E-state index in [9.17, 15) is 0 Å². The molecule has 0 atom stereocenters. The minimum atomic E-state index is -0.833. The number of rotatable bonds is 4. The van der Waals surface area contributed by atoms with Crippen LogP contribution in [-0.4, -0.2) is 102 Å². The molecule has 9 nitrogen and oxygen atoms in total. The summed E-state index contributed by atoms with van der Waals surface area (Å²) in [7, 11) is 0. The molecule has 22 heavy (non-hydrogen) atoms. The maximum absolute atomic E-state index is 9.00. The number of hydrogen-bond acceptors (Lipinski definition) is 6. The van der Waals surface area contributed by atoms with Crippen molar-refractivity contribution in [2.45, 2.75) is 20.8 Å². The standard InChI is InChI=1S/C4H12N2O.3C2H4O2.Ca.2Na.4H/c5-1-2-6-3-4-7;3*1-2(3)4;;;;;;;/h6-7H,1-5H2;3*1H3,(H,3,4);;;;;;;/q;;;;+2;2*+1;4*-1. The van der Waals surface area contributed by atoms with Crippen LogP contribution in [0.1, 0.15) is 26.5 Å². The van der Waals surface area contributed by atoms with Gasteiger partial charge in [-0.1, -0.05) is 0 Å². The summed E-state index contributed by atoms with van der Waals surface area (Å²) in [6.45, 7) is 5.53. The van der Waals surface area contributed by atoms with Gasteiger partial charge >= 0.3 is 96.9 Å². The zero-order valence-electron chi connectivity index (χ0n) is 18.1. The van der Waals surface area contributed by atoms with E-state index >= 15 is 0 Å². The number of aliphatic carboxylic acids is 3. The Morgan fingerprint density at radius 3 is 1.27 bits per heavy atom. The summed E-state index contributed by atoms with van der Waals surface area (Å²) in [6, 6.07) is 0. The van der Waals surface area contributed by atoms with Crippen LogP contribution in [0.5, 0.6) is 0 Å². The van der Waals surface area contributed by atoms with Crippen LogP contribution in [0.3, 0.4) is 0 Å². The van der Waals surface area contributed by atoms with Crippen LogP contribution in [0, 0.1) is 0 Å². The van der Waals surface area contributed by atoms with Gasteiger partial charge in [-0.2, -0.15) is 0 Å². The van der Waals surface area contributed by atoms with E-state index in [-0.39, 0.29) is 109 Å². The fraction of sp³-hybridized carbons (Fsp3) is 0.700. The molecule has 0 aromatic heterocycles. The summed E-state index contributed by atoms with van der Waals surface area (Å²) in [4.78, 5) is 27.0. The second-order valence-electron chi connectivity index (χ2n) is 2.82. The molecule has 0 aromatic carbocycles. The van der Waals surface area contributed by atoms with E-state index in [2.05, 4.69) is 5.32 Å². The largest absolute Gasteiger partial charge is 2.00 e. The molecule has 0 bridgehead atoms. The molecule has 0 heterocycles. The molecule has 0 aliphatic carbocycles. The Balaban J connectivity index is -0.0000000121. The van der Waals surface area contributed by atoms with Gasteiger partial charge in [-0.25, -0.2) is 0 Å². The van der Waals surface area contributed by atoms with E-state index in [1.807, 2.05) is 0 Å². The van der Waals surface area contributed by atoms with Crippen LogP contribution in [0.4, 0.5) is 0 Å². The van der Waals surface area contributed by atoms with Crippen molar-refractivity contribution in [1.29, 1.82) is 0 Å². The summed E-state index contributed by atoms with van der Waals surface area (Å²) >= 11 is 0. The Bertz CT molecular complexity index is 209. The number of hydrogen-bond donors (Lipinski definition) is 6. The average Bonchev–Trinajstić information content (AvgIpc) is 2.15. The summed E-state index contributed by atoms with van der Waals surface area (Å²) in [5, 5.41) is 33.3. The van der Waals surface area contributed by atoms with Crippen LogP contribution in [0.25, 0.3) is 0 Å².